The topological polar surface area (TPSA) is 39.9 Å². The Morgan fingerprint density at radius 1 is 1.14 bits per heavy atom. The van der Waals surface area contributed by atoms with Gasteiger partial charge >= 0.3 is 0 Å². The molecule has 2 aromatic heterocycles. The highest BCUT2D eigenvalue weighted by Crippen LogP contribution is 2.21. The van der Waals surface area contributed by atoms with Crippen LogP contribution in [-0.4, -0.2) is 21.9 Å². The Balaban J connectivity index is 1.80. The first-order chi connectivity index (χ1) is 10.3. The molecule has 0 saturated carbocycles. The average molecular weight is 283 g/mol. The van der Waals surface area contributed by atoms with Crippen molar-refractivity contribution in [3.8, 4) is 16.9 Å². The zero-order chi connectivity index (χ0) is 14.7. The van der Waals surface area contributed by atoms with Crippen LogP contribution in [-0.2, 0) is 6.54 Å². The van der Waals surface area contributed by atoms with E-state index in [9.17, 15) is 4.39 Å². The molecule has 0 amide bonds. The van der Waals surface area contributed by atoms with Gasteiger partial charge in [-0.3, -0.25) is 9.67 Å². The minimum atomic E-state index is -0.346. The standard InChI is InChI=1S/C16H14FN3O/c1-21-14-4-2-12(3-5-14)10-20-11-13(8-19-20)15-6-7-18-9-16(15)17/h2-9,11H,10H2,1H3. The van der Waals surface area contributed by atoms with E-state index in [1.165, 1.54) is 6.20 Å². The summed E-state index contributed by atoms with van der Waals surface area (Å²) >= 11 is 0. The van der Waals surface area contributed by atoms with E-state index in [4.69, 9.17) is 4.74 Å². The Kier molecular flexibility index (Phi) is 3.64. The van der Waals surface area contributed by atoms with Crippen LogP contribution in [0.3, 0.4) is 0 Å². The van der Waals surface area contributed by atoms with Crippen LogP contribution >= 0.6 is 0 Å². The third-order valence-corrected chi connectivity index (χ3v) is 3.22. The summed E-state index contributed by atoms with van der Waals surface area (Å²) in [5.74, 6) is 0.472. The number of hydrogen-bond acceptors (Lipinski definition) is 3. The van der Waals surface area contributed by atoms with E-state index >= 15 is 0 Å². The zero-order valence-electron chi connectivity index (χ0n) is 11.5. The quantitative estimate of drug-likeness (QED) is 0.738. The molecule has 0 radical (unpaired) electrons. The van der Waals surface area contributed by atoms with Gasteiger partial charge in [0.25, 0.3) is 0 Å². The number of aromatic nitrogens is 3. The third-order valence-electron chi connectivity index (χ3n) is 3.22. The molecule has 3 rings (SSSR count). The van der Waals surface area contributed by atoms with Crippen LogP contribution in [0.25, 0.3) is 11.1 Å². The third kappa shape index (κ3) is 2.91. The van der Waals surface area contributed by atoms with E-state index < -0.39 is 0 Å². The molecular formula is C16H14FN3O. The molecule has 3 aromatic rings. The van der Waals surface area contributed by atoms with Gasteiger partial charge in [0.2, 0.25) is 0 Å². The molecule has 2 heterocycles. The number of ether oxygens (including phenoxy) is 1. The fourth-order valence-corrected chi connectivity index (χ4v) is 2.12. The highest BCUT2D eigenvalue weighted by Gasteiger charge is 2.07. The summed E-state index contributed by atoms with van der Waals surface area (Å²) in [6, 6.07) is 9.41. The van der Waals surface area contributed by atoms with Crippen molar-refractivity contribution < 1.29 is 9.13 Å². The average Bonchev–Trinajstić information content (AvgIpc) is 2.97. The normalized spacial score (nSPS) is 10.6. The molecule has 0 N–H and O–H groups in total. The van der Waals surface area contributed by atoms with Crippen LogP contribution < -0.4 is 4.74 Å². The maximum Gasteiger partial charge on any atom is 0.149 e. The van der Waals surface area contributed by atoms with Crippen molar-refractivity contribution in [3.05, 3.63) is 66.5 Å². The number of pyridine rings is 1. The zero-order valence-corrected chi connectivity index (χ0v) is 11.5. The molecular weight excluding hydrogens is 269 g/mol. The molecule has 0 atom stereocenters. The van der Waals surface area contributed by atoms with E-state index in [-0.39, 0.29) is 5.82 Å². The Morgan fingerprint density at radius 3 is 2.67 bits per heavy atom. The van der Waals surface area contributed by atoms with Gasteiger partial charge in [0.15, 0.2) is 0 Å². The van der Waals surface area contributed by atoms with E-state index in [0.29, 0.717) is 12.1 Å². The van der Waals surface area contributed by atoms with Crippen LogP contribution in [0.1, 0.15) is 5.56 Å². The van der Waals surface area contributed by atoms with Crippen molar-refractivity contribution >= 4 is 0 Å². The van der Waals surface area contributed by atoms with E-state index in [1.807, 2.05) is 30.5 Å². The Labute approximate surface area is 121 Å². The lowest BCUT2D eigenvalue weighted by Gasteiger charge is -2.04. The van der Waals surface area contributed by atoms with Gasteiger partial charge in [-0.2, -0.15) is 5.10 Å². The van der Waals surface area contributed by atoms with E-state index in [0.717, 1.165) is 16.9 Å². The summed E-state index contributed by atoms with van der Waals surface area (Å²) in [7, 11) is 1.64. The molecule has 21 heavy (non-hydrogen) atoms. The Hall–Kier alpha value is -2.69. The van der Waals surface area contributed by atoms with Crippen LogP contribution in [0.4, 0.5) is 4.39 Å². The molecule has 1 aromatic carbocycles. The van der Waals surface area contributed by atoms with Gasteiger partial charge < -0.3 is 4.74 Å². The SMILES string of the molecule is COc1ccc(Cn2cc(-c3ccncc3F)cn2)cc1. The van der Waals surface area contributed by atoms with E-state index in [1.54, 1.807) is 30.3 Å². The van der Waals surface area contributed by atoms with Crippen molar-refractivity contribution in [1.82, 2.24) is 14.8 Å². The van der Waals surface area contributed by atoms with Crippen LogP contribution in [0, 0.1) is 5.82 Å². The molecule has 0 saturated heterocycles. The van der Waals surface area contributed by atoms with Gasteiger partial charge in [0, 0.05) is 23.5 Å². The van der Waals surface area contributed by atoms with Crippen LogP contribution in [0.15, 0.2) is 55.1 Å². The van der Waals surface area contributed by atoms with Gasteiger partial charge in [-0.15, -0.1) is 0 Å². The van der Waals surface area contributed by atoms with Crippen LogP contribution in [0.2, 0.25) is 0 Å². The fourth-order valence-electron chi connectivity index (χ4n) is 2.12. The molecule has 0 unspecified atom stereocenters. The molecule has 4 nitrogen and oxygen atoms in total. The highest BCUT2D eigenvalue weighted by atomic mass is 19.1. The Bertz CT molecular complexity index is 737. The van der Waals surface area contributed by atoms with Crippen molar-refractivity contribution in [1.29, 1.82) is 0 Å². The predicted octanol–water partition coefficient (Wildman–Crippen LogP) is 3.14. The first kappa shape index (κ1) is 13.3. The molecule has 0 spiro atoms. The summed E-state index contributed by atoms with van der Waals surface area (Å²) < 4.78 is 20.6. The number of methoxy groups -OCH3 is 1. The van der Waals surface area contributed by atoms with Crippen molar-refractivity contribution in [2.75, 3.05) is 7.11 Å². The summed E-state index contributed by atoms with van der Waals surface area (Å²) in [5.41, 5.74) is 2.34. The predicted molar refractivity (Wildman–Crippen MR) is 77.5 cm³/mol. The van der Waals surface area contributed by atoms with Gasteiger partial charge in [-0.05, 0) is 23.8 Å². The van der Waals surface area contributed by atoms with Crippen molar-refractivity contribution in [3.63, 3.8) is 0 Å². The highest BCUT2D eigenvalue weighted by molar-refractivity contribution is 5.61. The molecule has 106 valence electrons. The van der Waals surface area contributed by atoms with Gasteiger partial charge in [-0.1, -0.05) is 12.1 Å². The first-order valence-corrected chi connectivity index (χ1v) is 6.51. The molecule has 0 aliphatic rings. The number of benzene rings is 1. The minimum Gasteiger partial charge on any atom is -0.497 e. The van der Waals surface area contributed by atoms with Crippen molar-refractivity contribution in [2.24, 2.45) is 0 Å². The molecule has 0 aliphatic carbocycles. The van der Waals surface area contributed by atoms with Crippen LogP contribution in [0.5, 0.6) is 5.75 Å². The summed E-state index contributed by atoms with van der Waals surface area (Å²) in [4.78, 5) is 3.75. The Morgan fingerprint density at radius 2 is 1.95 bits per heavy atom. The maximum absolute atomic E-state index is 13.7. The lowest BCUT2D eigenvalue weighted by Crippen LogP contribution is -1.99. The molecule has 0 bridgehead atoms. The second kappa shape index (κ2) is 5.75. The lowest BCUT2D eigenvalue weighted by atomic mass is 10.1. The number of hydrogen-bond donors (Lipinski definition) is 0. The second-order valence-corrected chi connectivity index (χ2v) is 4.63. The molecule has 0 fully saturated rings. The van der Waals surface area contributed by atoms with Gasteiger partial charge in [0.1, 0.15) is 11.6 Å². The van der Waals surface area contributed by atoms with Gasteiger partial charge in [-0.25, -0.2) is 4.39 Å². The number of nitrogens with zero attached hydrogens (tertiary/aromatic N) is 3. The summed E-state index contributed by atoms with van der Waals surface area (Å²) in [5, 5.41) is 4.27. The first-order valence-electron chi connectivity index (χ1n) is 6.51. The molecule has 0 aliphatic heterocycles. The minimum absolute atomic E-state index is 0.346. The van der Waals surface area contributed by atoms with Gasteiger partial charge in [0.05, 0.1) is 26.0 Å². The number of rotatable bonds is 4. The number of halogens is 1. The monoisotopic (exact) mass is 283 g/mol. The smallest absolute Gasteiger partial charge is 0.149 e. The summed E-state index contributed by atoms with van der Waals surface area (Å²) in [6.07, 6.45) is 6.25. The van der Waals surface area contributed by atoms with E-state index in [2.05, 4.69) is 10.1 Å². The second-order valence-electron chi connectivity index (χ2n) is 4.63. The largest absolute Gasteiger partial charge is 0.497 e. The molecule has 5 heteroatoms. The summed E-state index contributed by atoms with van der Waals surface area (Å²) in [6.45, 7) is 0.622. The lowest BCUT2D eigenvalue weighted by molar-refractivity contribution is 0.414. The van der Waals surface area contributed by atoms with Crippen molar-refractivity contribution in [2.45, 2.75) is 6.54 Å². The maximum atomic E-state index is 13.7. The fraction of sp³-hybridized carbons (Fsp3) is 0.125.